The minimum atomic E-state index is -0.0320. The minimum Gasteiger partial charge on any atom is -0.491 e. The van der Waals surface area contributed by atoms with Gasteiger partial charge in [-0.05, 0) is 18.2 Å². The number of aliphatic hydroxyl groups excluding tert-OH is 1. The fraction of sp³-hybridized carbons (Fsp3) is 0.167. The third-order valence-corrected chi connectivity index (χ3v) is 3.54. The molecule has 0 unspecified atom stereocenters. The van der Waals surface area contributed by atoms with Crippen molar-refractivity contribution in [3.63, 3.8) is 0 Å². The Morgan fingerprint density at radius 2 is 1.91 bits per heavy atom. The standard InChI is InChI=1S/C12H13N7O2S/c13-9-16-10(14)18-11(17-9)19-12-15-7-2-1-6(21-4-3-20)5-8(7)22-12/h1-2,5,20H,3-4H2,(H5,13,14,15,16,17,18,19). The summed E-state index contributed by atoms with van der Waals surface area (Å²) in [6.45, 7) is 0.217. The van der Waals surface area contributed by atoms with Crippen molar-refractivity contribution in [1.82, 2.24) is 19.9 Å². The zero-order chi connectivity index (χ0) is 15.5. The number of ether oxygens (including phenoxy) is 1. The number of hydrogen-bond donors (Lipinski definition) is 4. The third-order valence-electron chi connectivity index (χ3n) is 2.61. The molecule has 114 valence electrons. The molecule has 10 heteroatoms. The molecule has 2 aromatic heterocycles. The fourth-order valence-corrected chi connectivity index (χ4v) is 2.66. The third kappa shape index (κ3) is 3.13. The molecular formula is C12H13N7O2S. The summed E-state index contributed by atoms with van der Waals surface area (Å²) in [7, 11) is 0. The lowest BCUT2D eigenvalue weighted by Crippen LogP contribution is -2.06. The van der Waals surface area contributed by atoms with Crippen LogP contribution in [0.5, 0.6) is 5.75 Å². The van der Waals surface area contributed by atoms with Crippen LogP contribution >= 0.6 is 11.3 Å². The molecule has 0 saturated heterocycles. The number of nitrogen functional groups attached to an aromatic ring is 2. The summed E-state index contributed by atoms with van der Waals surface area (Å²) in [5, 5.41) is 12.3. The molecule has 6 N–H and O–H groups in total. The molecule has 0 spiro atoms. The van der Waals surface area contributed by atoms with Crippen LogP contribution in [0, 0.1) is 0 Å². The first kappa shape index (κ1) is 14.2. The van der Waals surface area contributed by atoms with Crippen molar-refractivity contribution < 1.29 is 9.84 Å². The molecule has 9 nitrogen and oxygen atoms in total. The molecule has 0 radical (unpaired) electrons. The second-order valence-electron chi connectivity index (χ2n) is 4.22. The van der Waals surface area contributed by atoms with Gasteiger partial charge in [0.2, 0.25) is 17.8 Å². The van der Waals surface area contributed by atoms with E-state index in [1.807, 2.05) is 12.1 Å². The number of benzene rings is 1. The maximum atomic E-state index is 8.77. The first-order valence-electron chi connectivity index (χ1n) is 6.32. The Labute approximate surface area is 129 Å². The first-order valence-corrected chi connectivity index (χ1v) is 7.14. The van der Waals surface area contributed by atoms with Gasteiger partial charge >= 0.3 is 0 Å². The largest absolute Gasteiger partial charge is 0.491 e. The van der Waals surface area contributed by atoms with Gasteiger partial charge in [0, 0.05) is 0 Å². The number of nitrogens with one attached hydrogen (secondary N) is 1. The van der Waals surface area contributed by atoms with Crippen LogP contribution in [0.2, 0.25) is 0 Å². The number of nitrogens with two attached hydrogens (primary N) is 2. The zero-order valence-corrected chi connectivity index (χ0v) is 12.2. The lowest BCUT2D eigenvalue weighted by atomic mass is 10.3. The molecule has 1 aromatic carbocycles. The summed E-state index contributed by atoms with van der Waals surface area (Å²) in [6.07, 6.45) is 0. The van der Waals surface area contributed by atoms with Gasteiger partial charge in [0.15, 0.2) is 5.13 Å². The normalized spacial score (nSPS) is 10.8. The zero-order valence-electron chi connectivity index (χ0n) is 11.4. The lowest BCUT2D eigenvalue weighted by molar-refractivity contribution is 0.201. The Kier molecular flexibility index (Phi) is 3.85. The molecule has 0 fully saturated rings. The van der Waals surface area contributed by atoms with Crippen LogP contribution < -0.4 is 21.5 Å². The van der Waals surface area contributed by atoms with Gasteiger partial charge in [0.25, 0.3) is 0 Å². The number of aromatic nitrogens is 4. The summed E-state index contributed by atoms with van der Waals surface area (Å²) in [4.78, 5) is 16.0. The van der Waals surface area contributed by atoms with Crippen LogP contribution in [0.1, 0.15) is 0 Å². The van der Waals surface area contributed by atoms with E-state index in [0.717, 1.165) is 10.2 Å². The average Bonchev–Trinajstić information content (AvgIpc) is 2.85. The highest BCUT2D eigenvalue weighted by Gasteiger charge is 2.08. The highest BCUT2D eigenvalue weighted by Crippen LogP contribution is 2.30. The van der Waals surface area contributed by atoms with E-state index >= 15 is 0 Å². The van der Waals surface area contributed by atoms with Crippen LogP contribution in [0.3, 0.4) is 0 Å². The SMILES string of the molecule is Nc1nc(N)nc(Nc2nc3ccc(OCCO)cc3s2)n1. The Morgan fingerprint density at radius 1 is 1.14 bits per heavy atom. The van der Waals surface area contributed by atoms with Crippen molar-refractivity contribution in [2.45, 2.75) is 0 Å². The van der Waals surface area contributed by atoms with E-state index in [1.54, 1.807) is 6.07 Å². The molecule has 0 bridgehead atoms. The van der Waals surface area contributed by atoms with Gasteiger partial charge in [-0.25, -0.2) is 4.98 Å². The highest BCUT2D eigenvalue weighted by molar-refractivity contribution is 7.22. The number of aliphatic hydroxyl groups is 1. The smallest absolute Gasteiger partial charge is 0.235 e. The van der Waals surface area contributed by atoms with Gasteiger partial charge in [-0.2, -0.15) is 15.0 Å². The van der Waals surface area contributed by atoms with E-state index in [9.17, 15) is 0 Å². The summed E-state index contributed by atoms with van der Waals surface area (Å²) >= 11 is 1.40. The Morgan fingerprint density at radius 3 is 2.64 bits per heavy atom. The molecule has 0 aliphatic heterocycles. The van der Waals surface area contributed by atoms with Crippen molar-refractivity contribution in [2.24, 2.45) is 0 Å². The van der Waals surface area contributed by atoms with Crippen molar-refractivity contribution in [3.8, 4) is 5.75 Å². The van der Waals surface area contributed by atoms with Gasteiger partial charge in [-0.1, -0.05) is 11.3 Å². The van der Waals surface area contributed by atoms with Gasteiger partial charge in [-0.15, -0.1) is 0 Å². The average molecular weight is 319 g/mol. The highest BCUT2D eigenvalue weighted by atomic mass is 32.1. The summed E-state index contributed by atoms with van der Waals surface area (Å²) in [6, 6.07) is 5.48. The Hall–Kier alpha value is -2.72. The molecule has 0 aliphatic rings. The summed E-state index contributed by atoms with van der Waals surface area (Å²) < 4.78 is 6.29. The quantitative estimate of drug-likeness (QED) is 0.535. The first-order chi connectivity index (χ1) is 10.6. The number of hydrogen-bond acceptors (Lipinski definition) is 10. The van der Waals surface area contributed by atoms with Crippen LogP contribution in [0.4, 0.5) is 23.0 Å². The lowest BCUT2D eigenvalue weighted by Gasteiger charge is -2.02. The minimum absolute atomic E-state index is 0.0320. The molecule has 22 heavy (non-hydrogen) atoms. The van der Waals surface area contributed by atoms with Crippen molar-refractivity contribution in [1.29, 1.82) is 0 Å². The van der Waals surface area contributed by atoms with E-state index in [4.69, 9.17) is 21.3 Å². The fourth-order valence-electron chi connectivity index (χ4n) is 1.77. The number of nitrogens with zero attached hydrogens (tertiary/aromatic N) is 4. The van der Waals surface area contributed by atoms with E-state index in [1.165, 1.54) is 11.3 Å². The maximum absolute atomic E-state index is 8.77. The van der Waals surface area contributed by atoms with Gasteiger partial charge < -0.3 is 21.3 Å². The van der Waals surface area contributed by atoms with E-state index in [-0.39, 0.29) is 31.1 Å². The van der Waals surface area contributed by atoms with Crippen molar-refractivity contribution >= 4 is 44.5 Å². The molecule has 2 heterocycles. The molecule has 3 aromatic rings. The van der Waals surface area contributed by atoms with Crippen LogP contribution in [0.25, 0.3) is 10.2 Å². The Bertz CT molecular complexity index is 787. The second kappa shape index (κ2) is 5.95. The molecule has 0 aliphatic carbocycles. The topological polar surface area (TPSA) is 145 Å². The second-order valence-corrected chi connectivity index (χ2v) is 5.25. The number of rotatable bonds is 5. The number of thiazole rings is 1. The van der Waals surface area contributed by atoms with E-state index < -0.39 is 0 Å². The predicted octanol–water partition coefficient (Wildman–Crippen LogP) is 0.760. The Balaban J connectivity index is 1.85. The number of fused-ring (bicyclic) bond motifs is 1. The molecular weight excluding hydrogens is 306 g/mol. The van der Waals surface area contributed by atoms with Crippen molar-refractivity contribution in [2.75, 3.05) is 30.0 Å². The molecule has 0 atom stereocenters. The maximum Gasteiger partial charge on any atom is 0.235 e. The van der Waals surface area contributed by atoms with E-state index in [0.29, 0.717) is 10.9 Å². The van der Waals surface area contributed by atoms with E-state index in [2.05, 4.69) is 25.3 Å². The van der Waals surface area contributed by atoms with Gasteiger partial charge in [0.05, 0.1) is 16.8 Å². The van der Waals surface area contributed by atoms with Gasteiger partial charge in [0.1, 0.15) is 12.4 Å². The summed E-state index contributed by atoms with van der Waals surface area (Å²) in [5.74, 6) is 0.984. The van der Waals surface area contributed by atoms with Crippen LogP contribution in [-0.4, -0.2) is 38.3 Å². The molecule has 3 rings (SSSR count). The van der Waals surface area contributed by atoms with Crippen LogP contribution in [0.15, 0.2) is 18.2 Å². The van der Waals surface area contributed by atoms with Gasteiger partial charge in [-0.3, -0.25) is 5.32 Å². The predicted molar refractivity (Wildman–Crippen MR) is 84.1 cm³/mol. The number of anilines is 4. The van der Waals surface area contributed by atoms with Crippen LogP contribution in [-0.2, 0) is 0 Å². The van der Waals surface area contributed by atoms with Crippen molar-refractivity contribution in [3.05, 3.63) is 18.2 Å². The summed E-state index contributed by atoms with van der Waals surface area (Å²) in [5.41, 5.74) is 11.8. The molecule has 0 saturated carbocycles. The monoisotopic (exact) mass is 319 g/mol. The molecule has 0 amide bonds.